The Bertz CT molecular complexity index is 625. The molecule has 0 aliphatic carbocycles. The summed E-state index contributed by atoms with van der Waals surface area (Å²) in [6.45, 7) is 17.4. The van der Waals surface area contributed by atoms with Crippen molar-refractivity contribution in [3.05, 3.63) is 29.8 Å². The van der Waals surface area contributed by atoms with Crippen molar-refractivity contribution >= 4 is 0 Å². The third kappa shape index (κ3) is 7.23. The zero-order valence-electron chi connectivity index (χ0n) is 19.6. The molecule has 1 aromatic rings. The number of likely N-dealkylation sites (tertiary alicyclic amines) is 1. The second kappa shape index (κ2) is 10.4. The number of hydrogen-bond donors (Lipinski definition) is 1. The van der Waals surface area contributed by atoms with Crippen molar-refractivity contribution < 1.29 is 14.6 Å². The third-order valence-electron chi connectivity index (χ3n) is 6.35. The van der Waals surface area contributed by atoms with Gasteiger partial charge in [-0.2, -0.15) is 0 Å². The molecule has 2 saturated heterocycles. The van der Waals surface area contributed by atoms with Crippen LogP contribution in [0.3, 0.4) is 0 Å². The van der Waals surface area contributed by atoms with E-state index in [1.54, 1.807) is 0 Å². The Balaban J connectivity index is 1.34. The summed E-state index contributed by atoms with van der Waals surface area (Å²) < 4.78 is 11.7. The number of nitrogens with zero attached hydrogens (tertiary/aromatic N) is 2. The van der Waals surface area contributed by atoms with Gasteiger partial charge in [-0.15, -0.1) is 0 Å². The first-order chi connectivity index (χ1) is 14.2. The van der Waals surface area contributed by atoms with Gasteiger partial charge in [-0.3, -0.25) is 4.90 Å². The van der Waals surface area contributed by atoms with Crippen LogP contribution in [0.1, 0.15) is 53.0 Å². The molecule has 1 N–H and O–H groups in total. The van der Waals surface area contributed by atoms with Gasteiger partial charge < -0.3 is 19.5 Å². The minimum absolute atomic E-state index is 0.141. The molecule has 5 heteroatoms. The smallest absolute Gasteiger partial charge is 0.119 e. The number of aliphatic hydroxyl groups is 1. The van der Waals surface area contributed by atoms with E-state index in [1.807, 2.05) is 12.1 Å². The van der Waals surface area contributed by atoms with Crippen LogP contribution in [-0.4, -0.2) is 79.1 Å². The van der Waals surface area contributed by atoms with Crippen molar-refractivity contribution in [2.45, 2.75) is 71.2 Å². The number of benzene rings is 1. The van der Waals surface area contributed by atoms with Crippen molar-refractivity contribution in [2.24, 2.45) is 5.92 Å². The summed E-state index contributed by atoms with van der Waals surface area (Å²) in [7, 11) is 0. The van der Waals surface area contributed by atoms with E-state index in [-0.39, 0.29) is 5.41 Å². The molecule has 1 aromatic carbocycles. The van der Waals surface area contributed by atoms with Gasteiger partial charge in [0.2, 0.25) is 0 Å². The number of piperidine rings is 1. The van der Waals surface area contributed by atoms with Crippen molar-refractivity contribution in [2.75, 3.05) is 45.9 Å². The molecule has 2 heterocycles. The zero-order chi connectivity index (χ0) is 21.7. The first-order valence-corrected chi connectivity index (χ1v) is 11.7. The Kier molecular flexibility index (Phi) is 8.19. The van der Waals surface area contributed by atoms with Gasteiger partial charge in [0.1, 0.15) is 18.5 Å². The fourth-order valence-corrected chi connectivity index (χ4v) is 4.74. The summed E-state index contributed by atoms with van der Waals surface area (Å²) in [5.74, 6) is 1.59. The van der Waals surface area contributed by atoms with Gasteiger partial charge in [0.25, 0.3) is 0 Å². The Hall–Kier alpha value is -1.14. The molecule has 3 rings (SSSR count). The van der Waals surface area contributed by atoms with E-state index in [2.05, 4.69) is 56.6 Å². The van der Waals surface area contributed by atoms with Crippen LogP contribution in [0, 0.1) is 5.92 Å². The van der Waals surface area contributed by atoms with Gasteiger partial charge >= 0.3 is 0 Å². The molecule has 3 unspecified atom stereocenters. The van der Waals surface area contributed by atoms with Crippen molar-refractivity contribution in [1.82, 2.24) is 9.80 Å². The van der Waals surface area contributed by atoms with Gasteiger partial charge in [0.15, 0.2) is 0 Å². The van der Waals surface area contributed by atoms with Crippen LogP contribution in [-0.2, 0) is 10.2 Å². The first kappa shape index (κ1) is 23.5. The Labute approximate surface area is 183 Å². The molecule has 0 radical (unpaired) electrons. The van der Waals surface area contributed by atoms with E-state index < -0.39 is 6.10 Å². The molecule has 2 aliphatic rings. The van der Waals surface area contributed by atoms with Crippen LogP contribution in [0.25, 0.3) is 0 Å². The fourth-order valence-electron chi connectivity index (χ4n) is 4.74. The number of rotatable bonds is 7. The predicted octanol–water partition coefficient (Wildman–Crippen LogP) is 3.55. The number of morpholine rings is 1. The van der Waals surface area contributed by atoms with Crippen LogP contribution >= 0.6 is 0 Å². The summed E-state index contributed by atoms with van der Waals surface area (Å²) in [6, 6.07) is 8.24. The highest BCUT2D eigenvalue weighted by molar-refractivity contribution is 5.31. The largest absolute Gasteiger partial charge is 0.491 e. The minimum Gasteiger partial charge on any atom is -0.491 e. The molecule has 30 heavy (non-hydrogen) atoms. The summed E-state index contributed by atoms with van der Waals surface area (Å²) in [4.78, 5) is 4.96. The average molecular weight is 419 g/mol. The van der Waals surface area contributed by atoms with Crippen LogP contribution in [0.5, 0.6) is 5.75 Å². The molecule has 0 spiro atoms. The summed E-state index contributed by atoms with van der Waals surface area (Å²) in [6.07, 6.45) is 2.65. The highest BCUT2D eigenvalue weighted by atomic mass is 16.5. The van der Waals surface area contributed by atoms with Crippen LogP contribution < -0.4 is 4.74 Å². The van der Waals surface area contributed by atoms with E-state index in [0.29, 0.717) is 25.4 Å². The van der Waals surface area contributed by atoms with Crippen molar-refractivity contribution in [3.63, 3.8) is 0 Å². The number of β-amino-alcohol motifs (C(OH)–C–C–N with tert-alkyl or cyclic N) is 1. The van der Waals surface area contributed by atoms with Crippen molar-refractivity contribution in [3.8, 4) is 5.75 Å². The molecule has 0 bridgehead atoms. The standard InChI is InChI=1S/C25H42N2O3/c1-19-14-27(15-20(2)30-19)16-21-10-12-26(13-11-21)17-23(28)18-29-24-8-6-22(7-9-24)25(3,4)5/h6-9,19-21,23,28H,10-18H2,1-5H3. The maximum Gasteiger partial charge on any atom is 0.119 e. The SMILES string of the molecule is CC1CN(CC2CCN(CC(O)COc3ccc(C(C)(C)C)cc3)CC2)CC(C)O1. The van der Waals surface area contributed by atoms with E-state index >= 15 is 0 Å². The second-order valence-corrected chi connectivity index (χ2v) is 10.5. The van der Waals surface area contributed by atoms with Gasteiger partial charge in [-0.05, 0) is 68.8 Å². The molecule has 0 aromatic heterocycles. The van der Waals surface area contributed by atoms with E-state index in [0.717, 1.165) is 37.8 Å². The lowest BCUT2D eigenvalue weighted by atomic mass is 9.87. The van der Waals surface area contributed by atoms with Crippen molar-refractivity contribution in [1.29, 1.82) is 0 Å². The summed E-state index contributed by atoms with van der Waals surface area (Å²) in [5.41, 5.74) is 1.43. The first-order valence-electron chi connectivity index (χ1n) is 11.7. The molecule has 0 saturated carbocycles. The lowest BCUT2D eigenvalue weighted by Gasteiger charge is -2.39. The lowest BCUT2D eigenvalue weighted by molar-refractivity contribution is -0.0734. The molecule has 3 atom stereocenters. The molecule has 170 valence electrons. The topological polar surface area (TPSA) is 45.2 Å². The molecule has 0 amide bonds. The quantitative estimate of drug-likeness (QED) is 0.734. The second-order valence-electron chi connectivity index (χ2n) is 10.5. The number of hydrogen-bond acceptors (Lipinski definition) is 5. The highest BCUT2D eigenvalue weighted by Gasteiger charge is 2.27. The van der Waals surface area contributed by atoms with E-state index in [1.165, 1.54) is 24.9 Å². The zero-order valence-corrected chi connectivity index (χ0v) is 19.6. The van der Waals surface area contributed by atoms with Crippen LogP contribution in [0.4, 0.5) is 0 Å². The summed E-state index contributed by atoms with van der Waals surface area (Å²) in [5, 5.41) is 10.4. The van der Waals surface area contributed by atoms with Crippen LogP contribution in [0.2, 0.25) is 0 Å². The van der Waals surface area contributed by atoms with E-state index in [4.69, 9.17) is 9.47 Å². The molecule has 2 fully saturated rings. The predicted molar refractivity (Wildman–Crippen MR) is 122 cm³/mol. The maximum absolute atomic E-state index is 10.4. The molecule has 5 nitrogen and oxygen atoms in total. The summed E-state index contributed by atoms with van der Waals surface area (Å²) >= 11 is 0. The number of ether oxygens (including phenoxy) is 2. The molecular weight excluding hydrogens is 376 g/mol. The van der Waals surface area contributed by atoms with E-state index in [9.17, 15) is 5.11 Å². The average Bonchev–Trinajstić information content (AvgIpc) is 2.67. The Morgan fingerprint density at radius 2 is 1.63 bits per heavy atom. The Morgan fingerprint density at radius 3 is 2.20 bits per heavy atom. The highest BCUT2D eigenvalue weighted by Crippen LogP contribution is 2.24. The lowest BCUT2D eigenvalue weighted by Crippen LogP contribution is -2.48. The molecule has 2 aliphatic heterocycles. The van der Waals surface area contributed by atoms with Gasteiger partial charge in [0.05, 0.1) is 12.2 Å². The maximum atomic E-state index is 10.4. The normalized spacial score (nSPS) is 25.9. The Morgan fingerprint density at radius 1 is 1.03 bits per heavy atom. The number of aliphatic hydroxyl groups excluding tert-OH is 1. The minimum atomic E-state index is -0.454. The van der Waals surface area contributed by atoms with Gasteiger partial charge in [0, 0.05) is 26.2 Å². The fraction of sp³-hybridized carbons (Fsp3) is 0.760. The van der Waals surface area contributed by atoms with Gasteiger partial charge in [-0.1, -0.05) is 32.9 Å². The van der Waals surface area contributed by atoms with Crippen LogP contribution in [0.15, 0.2) is 24.3 Å². The van der Waals surface area contributed by atoms with Gasteiger partial charge in [-0.25, -0.2) is 0 Å². The molecular formula is C25H42N2O3. The monoisotopic (exact) mass is 418 g/mol. The third-order valence-corrected chi connectivity index (χ3v) is 6.35.